The van der Waals surface area contributed by atoms with E-state index in [1.54, 1.807) is 24.3 Å². The molecule has 174 valence electrons. The number of amides is 3. The van der Waals surface area contributed by atoms with E-state index in [4.69, 9.17) is 9.47 Å². The maximum absolute atomic E-state index is 11.9. The summed E-state index contributed by atoms with van der Waals surface area (Å²) in [5.74, 6) is -0.367. The van der Waals surface area contributed by atoms with Gasteiger partial charge in [-0.3, -0.25) is 14.4 Å². The minimum absolute atomic E-state index is 0.0703. The first-order chi connectivity index (χ1) is 15.6. The van der Waals surface area contributed by atoms with E-state index in [-0.39, 0.29) is 37.0 Å². The van der Waals surface area contributed by atoms with Gasteiger partial charge in [0.2, 0.25) is 11.8 Å². The van der Waals surface area contributed by atoms with Crippen molar-refractivity contribution in [1.29, 1.82) is 0 Å². The van der Waals surface area contributed by atoms with Crippen LogP contribution in [0.3, 0.4) is 0 Å². The van der Waals surface area contributed by atoms with Crippen molar-refractivity contribution >= 4 is 23.9 Å². The van der Waals surface area contributed by atoms with Crippen molar-refractivity contribution in [2.24, 2.45) is 5.10 Å². The molecule has 1 aliphatic heterocycles. The molecule has 3 amide bonds. The number of hydrazone groups is 1. The van der Waals surface area contributed by atoms with Crippen LogP contribution in [0.15, 0.2) is 29.4 Å². The Kier molecular flexibility index (Phi) is 9.49. The molecule has 1 aromatic carbocycles. The predicted octanol–water partition coefficient (Wildman–Crippen LogP) is 1.65. The summed E-state index contributed by atoms with van der Waals surface area (Å²) < 4.78 is 10.9. The van der Waals surface area contributed by atoms with Gasteiger partial charge >= 0.3 is 0 Å². The molecule has 1 aliphatic carbocycles. The van der Waals surface area contributed by atoms with E-state index in [0.717, 1.165) is 50.7 Å². The number of carbonyl (C=O) groups is 3. The van der Waals surface area contributed by atoms with Gasteiger partial charge < -0.3 is 20.1 Å². The molecule has 0 unspecified atom stereocenters. The van der Waals surface area contributed by atoms with Gasteiger partial charge in [0.05, 0.1) is 12.3 Å². The average Bonchev–Trinajstić information content (AvgIpc) is 3.31. The Morgan fingerprint density at radius 1 is 1.00 bits per heavy atom. The van der Waals surface area contributed by atoms with Gasteiger partial charge in [0.15, 0.2) is 6.61 Å². The van der Waals surface area contributed by atoms with Gasteiger partial charge in [-0.1, -0.05) is 19.3 Å². The van der Waals surface area contributed by atoms with Crippen LogP contribution in [-0.4, -0.2) is 55.8 Å². The zero-order chi connectivity index (χ0) is 22.6. The number of ether oxygens (including phenoxy) is 2. The van der Waals surface area contributed by atoms with Gasteiger partial charge in [0, 0.05) is 19.2 Å². The minimum Gasteiger partial charge on any atom is -0.484 e. The van der Waals surface area contributed by atoms with Crippen molar-refractivity contribution in [2.45, 2.75) is 63.5 Å². The van der Waals surface area contributed by atoms with Crippen molar-refractivity contribution < 1.29 is 23.9 Å². The van der Waals surface area contributed by atoms with E-state index in [2.05, 4.69) is 21.2 Å². The second-order valence-electron chi connectivity index (χ2n) is 8.17. The van der Waals surface area contributed by atoms with E-state index in [1.165, 1.54) is 12.6 Å². The normalized spacial score (nSPS) is 18.9. The Morgan fingerprint density at radius 3 is 2.50 bits per heavy atom. The lowest BCUT2D eigenvalue weighted by atomic mass is 9.95. The maximum atomic E-state index is 11.9. The third-order valence-electron chi connectivity index (χ3n) is 5.50. The highest BCUT2D eigenvalue weighted by molar-refractivity contribution is 5.97. The molecule has 2 aliphatic rings. The summed E-state index contributed by atoms with van der Waals surface area (Å²) in [5, 5.41) is 9.59. The van der Waals surface area contributed by atoms with E-state index in [0.29, 0.717) is 12.3 Å². The summed E-state index contributed by atoms with van der Waals surface area (Å²) in [6.07, 6.45) is 8.75. The Labute approximate surface area is 188 Å². The van der Waals surface area contributed by atoms with Gasteiger partial charge in [-0.05, 0) is 55.5 Å². The fraction of sp³-hybridized carbons (Fsp3) is 0.565. The molecule has 1 saturated heterocycles. The molecular weight excluding hydrogens is 412 g/mol. The molecule has 1 atom stereocenters. The van der Waals surface area contributed by atoms with Gasteiger partial charge in [0.1, 0.15) is 12.2 Å². The van der Waals surface area contributed by atoms with Crippen molar-refractivity contribution in [2.75, 3.05) is 19.8 Å². The van der Waals surface area contributed by atoms with Crippen LogP contribution in [0.25, 0.3) is 0 Å². The Bertz CT molecular complexity index is 784. The monoisotopic (exact) mass is 444 g/mol. The first-order valence-corrected chi connectivity index (χ1v) is 11.3. The SMILES string of the molecule is O=C(COc1ccc(/C=N/NC(=O)CC(=O)NC2CCCCC2)cc1)NC[C@H]1CCCO1. The van der Waals surface area contributed by atoms with E-state index < -0.39 is 5.91 Å². The first-order valence-electron chi connectivity index (χ1n) is 11.3. The summed E-state index contributed by atoms with van der Waals surface area (Å²) >= 11 is 0. The highest BCUT2D eigenvalue weighted by Gasteiger charge is 2.17. The van der Waals surface area contributed by atoms with E-state index >= 15 is 0 Å². The largest absolute Gasteiger partial charge is 0.484 e. The third-order valence-corrected chi connectivity index (χ3v) is 5.50. The fourth-order valence-electron chi connectivity index (χ4n) is 3.77. The highest BCUT2D eigenvalue weighted by atomic mass is 16.5. The van der Waals surface area contributed by atoms with Crippen molar-refractivity contribution in [3.63, 3.8) is 0 Å². The molecule has 0 radical (unpaired) electrons. The Balaban J connectivity index is 1.31. The number of nitrogens with zero attached hydrogens (tertiary/aromatic N) is 1. The van der Waals surface area contributed by atoms with Crippen LogP contribution in [0, 0.1) is 0 Å². The quantitative estimate of drug-likeness (QED) is 0.288. The molecule has 1 heterocycles. The molecule has 3 rings (SSSR count). The van der Waals surface area contributed by atoms with Gasteiger partial charge in [-0.25, -0.2) is 5.43 Å². The van der Waals surface area contributed by atoms with Crippen molar-refractivity contribution in [3.8, 4) is 5.75 Å². The standard InChI is InChI=1S/C23H32N4O5/c28-21(26-18-5-2-1-3-6-18)13-22(29)27-25-14-17-8-10-19(11-9-17)32-16-23(30)24-15-20-7-4-12-31-20/h8-11,14,18,20H,1-7,12-13,15-16H2,(H,24,30)(H,26,28)(H,27,29)/b25-14+/t20-/m1/s1. The van der Waals surface area contributed by atoms with Crippen LogP contribution < -0.4 is 20.8 Å². The molecule has 9 nitrogen and oxygen atoms in total. The minimum atomic E-state index is -0.455. The zero-order valence-electron chi connectivity index (χ0n) is 18.3. The Hall–Kier alpha value is -2.94. The number of hydrogen-bond acceptors (Lipinski definition) is 6. The summed E-state index contributed by atoms with van der Waals surface area (Å²) in [6.45, 7) is 1.19. The fourth-order valence-corrected chi connectivity index (χ4v) is 3.77. The van der Waals surface area contributed by atoms with Gasteiger partial charge in [-0.15, -0.1) is 0 Å². The van der Waals surface area contributed by atoms with Crippen LogP contribution >= 0.6 is 0 Å². The van der Waals surface area contributed by atoms with Crippen molar-refractivity contribution in [1.82, 2.24) is 16.1 Å². The van der Waals surface area contributed by atoms with Crippen LogP contribution in [0.1, 0.15) is 56.9 Å². The molecule has 9 heteroatoms. The van der Waals surface area contributed by atoms with E-state index in [1.807, 2.05) is 0 Å². The number of nitrogens with one attached hydrogen (secondary N) is 3. The van der Waals surface area contributed by atoms with Gasteiger partial charge in [-0.2, -0.15) is 5.10 Å². The average molecular weight is 445 g/mol. The number of rotatable bonds is 10. The lowest BCUT2D eigenvalue weighted by Crippen LogP contribution is -2.38. The van der Waals surface area contributed by atoms with Crippen LogP contribution in [0.2, 0.25) is 0 Å². The van der Waals surface area contributed by atoms with E-state index in [9.17, 15) is 14.4 Å². The molecule has 1 saturated carbocycles. The van der Waals surface area contributed by atoms with Crippen LogP contribution in [0.5, 0.6) is 5.75 Å². The molecule has 1 aromatic rings. The molecule has 32 heavy (non-hydrogen) atoms. The zero-order valence-corrected chi connectivity index (χ0v) is 18.3. The summed E-state index contributed by atoms with van der Waals surface area (Å²) in [4.78, 5) is 35.7. The smallest absolute Gasteiger partial charge is 0.258 e. The first kappa shape index (κ1) is 23.7. The summed E-state index contributed by atoms with van der Waals surface area (Å²) in [5.41, 5.74) is 3.11. The highest BCUT2D eigenvalue weighted by Crippen LogP contribution is 2.17. The molecule has 2 fully saturated rings. The van der Waals surface area contributed by atoms with Crippen molar-refractivity contribution in [3.05, 3.63) is 29.8 Å². The number of carbonyl (C=O) groups excluding carboxylic acids is 3. The molecule has 0 spiro atoms. The second-order valence-corrected chi connectivity index (χ2v) is 8.17. The number of benzene rings is 1. The lowest BCUT2D eigenvalue weighted by molar-refractivity contribution is -0.129. The third kappa shape index (κ3) is 8.66. The maximum Gasteiger partial charge on any atom is 0.258 e. The Morgan fingerprint density at radius 2 is 1.78 bits per heavy atom. The summed E-state index contributed by atoms with van der Waals surface area (Å²) in [7, 11) is 0. The molecular formula is C23H32N4O5. The topological polar surface area (TPSA) is 118 Å². The van der Waals surface area contributed by atoms with Gasteiger partial charge in [0.25, 0.3) is 5.91 Å². The number of hydrogen-bond donors (Lipinski definition) is 3. The van der Waals surface area contributed by atoms with Crippen LogP contribution in [0.4, 0.5) is 0 Å². The predicted molar refractivity (Wildman–Crippen MR) is 119 cm³/mol. The second kappa shape index (κ2) is 12.8. The van der Waals surface area contributed by atoms with Crippen LogP contribution in [-0.2, 0) is 19.1 Å². The molecule has 0 aromatic heterocycles. The molecule has 0 bridgehead atoms. The lowest BCUT2D eigenvalue weighted by Gasteiger charge is -2.22. The molecule has 3 N–H and O–H groups in total. The summed E-state index contributed by atoms with van der Waals surface area (Å²) in [6, 6.07) is 7.12.